The molecule has 0 bridgehead atoms. The van der Waals surface area contributed by atoms with Gasteiger partial charge < -0.3 is 17.8 Å². The fourth-order valence-corrected chi connectivity index (χ4v) is 2.93. The van der Waals surface area contributed by atoms with Gasteiger partial charge in [0.2, 0.25) is 5.91 Å². The maximum Gasteiger partial charge on any atom is 0.329 e. The molecule has 0 saturated heterocycles. The van der Waals surface area contributed by atoms with E-state index in [4.69, 9.17) is 7.85 Å². The van der Waals surface area contributed by atoms with Crippen LogP contribution in [0.2, 0.25) is 6.32 Å². The first-order chi connectivity index (χ1) is 13.0. The van der Waals surface area contributed by atoms with Crippen LogP contribution in [0.4, 0.5) is 0 Å². The van der Waals surface area contributed by atoms with E-state index < -0.39 is 11.5 Å². The second-order valence-electron chi connectivity index (χ2n) is 5.79. The number of carbonyl (C=O) groups excluding carboxylic acids is 1. The molecule has 30 heavy (non-hydrogen) atoms. The summed E-state index contributed by atoms with van der Waals surface area (Å²) in [7, 11) is 5.62. The number of aryl methyl sites for hydroxylation is 1. The number of hydrogen-bond acceptors (Lipinski definition) is 2. The van der Waals surface area contributed by atoms with Gasteiger partial charge in [0.25, 0.3) is 0 Å². The number of carboxylic acid groups (broad SMARTS) is 1. The first kappa shape index (κ1) is 40.4. The summed E-state index contributed by atoms with van der Waals surface area (Å²) in [5.41, 5.74) is 0.608. The molecule has 1 aromatic rings. The molecule has 1 aliphatic rings. The molecule has 1 aliphatic carbocycles. The zero-order chi connectivity index (χ0) is 21.5. The average Bonchev–Trinajstić information content (AvgIpc) is 3.13. The van der Waals surface area contributed by atoms with Crippen molar-refractivity contribution in [3.8, 4) is 0 Å². The van der Waals surface area contributed by atoms with Crippen LogP contribution in [0, 0.1) is 26.3 Å². The van der Waals surface area contributed by atoms with Gasteiger partial charge in [0.15, 0.2) is 0 Å². The zero-order valence-corrected chi connectivity index (χ0v) is 25.9. The van der Waals surface area contributed by atoms with Crippen molar-refractivity contribution < 1.29 is 68.5 Å². The van der Waals surface area contributed by atoms with Crippen molar-refractivity contribution in [3.05, 3.63) is 42.8 Å². The van der Waals surface area contributed by atoms with Gasteiger partial charge in [-0.05, 0) is 25.2 Å². The molecule has 0 spiro atoms. The largest absolute Gasteiger partial charge is 0.480 e. The van der Waals surface area contributed by atoms with E-state index in [2.05, 4.69) is 11.4 Å². The van der Waals surface area contributed by atoms with Gasteiger partial charge in [-0.3, -0.25) is 4.79 Å². The van der Waals surface area contributed by atoms with E-state index in [1.54, 1.807) is 6.07 Å². The van der Waals surface area contributed by atoms with Crippen LogP contribution in [0.5, 0.6) is 0 Å². The Morgan fingerprint density at radius 3 is 2.17 bits per heavy atom. The minimum atomic E-state index is -1.16. The van der Waals surface area contributed by atoms with E-state index >= 15 is 0 Å². The molecule has 1 aromatic carbocycles. The minimum Gasteiger partial charge on any atom is -0.480 e. The van der Waals surface area contributed by atoms with Crippen molar-refractivity contribution in [2.45, 2.75) is 86.0 Å². The molecule has 3 radical (unpaired) electrons. The standard InChI is InChI=1S/C16H19BNO3.3C2H6.CH3.W.Y/c1-11-4-2-3-5-13(11)8-14(19)18-16(15(20)21)7-6-12(9-16)10-17;3*1-2;;;/h2-4,12H,6-10H2,1H3,(H,18,19)(H,20,21);3*1-2H3;1H3;;/q-1;;;;-1;;. The molecule has 0 aliphatic heterocycles. The zero-order valence-electron chi connectivity index (χ0n) is 20.2. The Hall–Kier alpha value is 0.0171. The molecule has 0 heterocycles. The number of aliphatic carboxylic acids is 1. The number of carboxylic acids is 1. The number of rotatable bonds is 5. The van der Waals surface area contributed by atoms with E-state index in [1.165, 1.54) is 0 Å². The van der Waals surface area contributed by atoms with Crippen molar-refractivity contribution in [1.82, 2.24) is 5.32 Å². The monoisotopic (exact) mass is 662 g/mol. The van der Waals surface area contributed by atoms with Gasteiger partial charge in [-0.15, -0.1) is 0 Å². The summed E-state index contributed by atoms with van der Waals surface area (Å²) < 4.78 is 0. The van der Waals surface area contributed by atoms with Crippen molar-refractivity contribution >= 4 is 19.7 Å². The van der Waals surface area contributed by atoms with Gasteiger partial charge in [0, 0.05) is 60.2 Å². The third-order valence-corrected chi connectivity index (χ3v) is 4.25. The van der Waals surface area contributed by atoms with Gasteiger partial charge in [-0.2, -0.15) is 35.4 Å². The maximum absolute atomic E-state index is 12.2. The molecule has 1 amide bonds. The fraction of sp³-hybridized carbons (Fsp3) is 0.609. The molecule has 2 unspecified atom stereocenters. The number of hydrogen-bond donors (Lipinski definition) is 2. The summed E-state index contributed by atoms with van der Waals surface area (Å²) in [4.78, 5) is 23.8. The Labute approximate surface area is 226 Å². The third-order valence-electron chi connectivity index (χ3n) is 4.25. The Balaban J connectivity index is -0.000000213. The Kier molecular flexibility index (Phi) is 31.9. The van der Waals surface area contributed by atoms with Crippen molar-refractivity contribution in [1.29, 1.82) is 0 Å². The Bertz CT molecular complexity index is 561. The normalized spacial score (nSPS) is 17.9. The summed E-state index contributed by atoms with van der Waals surface area (Å²) in [6.45, 7) is 13.9. The molecular formula is C23H40BNO3WY-2. The van der Waals surface area contributed by atoms with Crippen LogP contribution in [0.25, 0.3) is 0 Å². The van der Waals surface area contributed by atoms with E-state index in [1.807, 2.05) is 60.6 Å². The predicted molar refractivity (Wildman–Crippen MR) is 121 cm³/mol. The van der Waals surface area contributed by atoms with Crippen molar-refractivity contribution in [3.63, 3.8) is 0 Å². The second-order valence-corrected chi connectivity index (χ2v) is 5.79. The maximum atomic E-state index is 12.2. The average molecular weight is 662 g/mol. The molecule has 4 nitrogen and oxygen atoms in total. The first-order valence-corrected chi connectivity index (χ1v) is 10.2. The van der Waals surface area contributed by atoms with Gasteiger partial charge in [-0.1, -0.05) is 54.8 Å². The van der Waals surface area contributed by atoms with Gasteiger partial charge in [0.1, 0.15) is 5.54 Å². The van der Waals surface area contributed by atoms with E-state index in [0.29, 0.717) is 19.2 Å². The van der Waals surface area contributed by atoms with Gasteiger partial charge in [0.05, 0.1) is 7.85 Å². The molecule has 2 atom stereocenters. The van der Waals surface area contributed by atoms with Gasteiger partial charge >= 0.3 is 5.97 Å². The van der Waals surface area contributed by atoms with E-state index in [9.17, 15) is 14.7 Å². The number of benzene rings is 1. The topological polar surface area (TPSA) is 66.4 Å². The van der Waals surface area contributed by atoms with Crippen molar-refractivity contribution in [2.75, 3.05) is 0 Å². The number of nitrogens with one attached hydrogen (secondary N) is 1. The third kappa shape index (κ3) is 13.4. The molecule has 7 heteroatoms. The van der Waals surface area contributed by atoms with Gasteiger partial charge in [-0.25, -0.2) is 4.79 Å². The van der Waals surface area contributed by atoms with Crippen LogP contribution in [0.3, 0.4) is 0 Å². The Morgan fingerprint density at radius 2 is 1.77 bits per heavy atom. The van der Waals surface area contributed by atoms with Crippen LogP contribution < -0.4 is 5.32 Å². The van der Waals surface area contributed by atoms with E-state index in [-0.39, 0.29) is 79.4 Å². The first-order valence-electron chi connectivity index (χ1n) is 10.2. The Morgan fingerprint density at radius 1 is 1.23 bits per heavy atom. The van der Waals surface area contributed by atoms with Crippen LogP contribution in [-0.4, -0.2) is 30.4 Å². The van der Waals surface area contributed by atoms with Crippen molar-refractivity contribution in [2.24, 2.45) is 5.92 Å². The minimum absolute atomic E-state index is 0. The smallest absolute Gasteiger partial charge is 0.329 e. The molecule has 0 aromatic heterocycles. The summed E-state index contributed by atoms with van der Waals surface area (Å²) in [5, 5.41) is 12.2. The summed E-state index contributed by atoms with van der Waals surface area (Å²) in [6.07, 6.45) is 2.18. The fourth-order valence-electron chi connectivity index (χ4n) is 2.93. The van der Waals surface area contributed by atoms with Crippen LogP contribution in [-0.2, 0) is 69.8 Å². The SMILES string of the molecule is CC.CC.CC.[B]CC1CCC(NC(=O)Cc2[c-]cccc2C)(C(=O)O)C1.[CH3-].[W].[Y]. The quantitative estimate of drug-likeness (QED) is 0.338. The molecular weight excluding hydrogens is 622 g/mol. The summed E-state index contributed by atoms with van der Waals surface area (Å²) in [6, 6.07) is 8.55. The van der Waals surface area contributed by atoms with Crippen LogP contribution in [0.15, 0.2) is 18.2 Å². The molecule has 1 fully saturated rings. The number of carbonyl (C=O) groups is 2. The molecule has 2 N–H and O–H groups in total. The predicted octanol–water partition coefficient (Wildman–Crippen LogP) is 5.19. The molecule has 2 rings (SSSR count). The van der Waals surface area contributed by atoms with Crippen LogP contribution in [0.1, 0.15) is 71.9 Å². The summed E-state index contributed by atoms with van der Waals surface area (Å²) >= 11 is 0. The van der Waals surface area contributed by atoms with Crippen LogP contribution >= 0.6 is 0 Å². The second kappa shape index (κ2) is 23.7. The number of amides is 1. The van der Waals surface area contributed by atoms with E-state index in [0.717, 1.165) is 17.5 Å². The molecule has 169 valence electrons. The molecule has 1 saturated carbocycles. The summed E-state index contributed by atoms with van der Waals surface area (Å²) in [5.74, 6) is -1.09.